The standard InChI is InChI=1S/C11H21NO/c13-9-11(6-2-1-3-7-11)10-5-4-8-12-10/h10,12-13H,1-9H2. The van der Waals surface area contributed by atoms with Crippen LogP contribution in [0.3, 0.4) is 0 Å². The van der Waals surface area contributed by atoms with Gasteiger partial charge in [0.15, 0.2) is 0 Å². The number of hydrogen-bond donors (Lipinski definition) is 2. The largest absolute Gasteiger partial charge is 0.396 e. The van der Waals surface area contributed by atoms with Crippen molar-refractivity contribution in [3.8, 4) is 0 Å². The van der Waals surface area contributed by atoms with E-state index < -0.39 is 0 Å². The van der Waals surface area contributed by atoms with Gasteiger partial charge in [0, 0.05) is 11.5 Å². The molecule has 0 aromatic heterocycles. The third kappa shape index (κ3) is 1.75. The molecule has 0 radical (unpaired) electrons. The normalized spacial score (nSPS) is 33.5. The maximum Gasteiger partial charge on any atom is 0.0502 e. The van der Waals surface area contributed by atoms with Crippen LogP contribution in [0.5, 0.6) is 0 Å². The van der Waals surface area contributed by atoms with Crippen LogP contribution in [0.15, 0.2) is 0 Å². The van der Waals surface area contributed by atoms with E-state index in [9.17, 15) is 5.11 Å². The number of nitrogens with one attached hydrogen (secondary N) is 1. The molecule has 1 saturated heterocycles. The van der Waals surface area contributed by atoms with E-state index in [2.05, 4.69) is 5.32 Å². The monoisotopic (exact) mass is 183 g/mol. The number of aliphatic hydroxyl groups excluding tert-OH is 1. The summed E-state index contributed by atoms with van der Waals surface area (Å²) < 4.78 is 0. The topological polar surface area (TPSA) is 32.3 Å². The van der Waals surface area contributed by atoms with E-state index in [0.717, 1.165) is 6.54 Å². The Labute approximate surface area is 80.7 Å². The highest BCUT2D eigenvalue weighted by Crippen LogP contribution is 2.41. The van der Waals surface area contributed by atoms with Gasteiger partial charge in [-0.25, -0.2) is 0 Å². The summed E-state index contributed by atoms with van der Waals surface area (Å²) in [5, 5.41) is 13.1. The molecular formula is C11H21NO. The zero-order chi connectivity index (χ0) is 9.15. The minimum absolute atomic E-state index is 0.245. The second-order valence-electron chi connectivity index (χ2n) is 4.73. The van der Waals surface area contributed by atoms with Crippen molar-refractivity contribution in [1.29, 1.82) is 0 Å². The maximum absolute atomic E-state index is 9.56. The van der Waals surface area contributed by atoms with Crippen LogP contribution in [0.4, 0.5) is 0 Å². The lowest BCUT2D eigenvalue weighted by atomic mass is 9.69. The minimum Gasteiger partial charge on any atom is -0.396 e. The van der Waals surface area contributed by atoms with Gasteiger partial charge >= 0.3 is 0 Å². The van der Waals surface area contributed by atoms with Gasteiger partial charge in [-0.1, -0.05) is 19.3 Å². The molecule has 2 fully saturated rings. The van der Waals surface area contributed by atoms with Gasteiger partial charge in [0.2, 0.25) is 0 Å². The summed E-state index contributed by atoms with van der Waals surface area (Å²) in [5.41, 5.74) is 0.245. The highest BCUT2D eigenvalue weighted by Gasteiger charge is 2.40. The first-order chi connectivity index (χ1) is 6.37. The van der Waals surface area contributed by atoms with Gasteiger partial charge in [-0.05, 0) is 32.2 Å². The summed E-state index contributed by atoms with van der Waals surface area (Å²) in [7, 11) is 0. The fraction of sp³-hybridized carbons (Fsp3) is 1.00. The van der Waals surface area contributed by atoms with Gasteiger partial charge in [-0.3, -0.25) is 0 Å². The minimum atomic E-state index is 0.245. The lowest BCUT2D eigenvalue weighted by molar-refractivity contribution is 0.0492. The predicted octanol–water partition coefficient (Wildman–Crippen LogP) is 1.68. The molecule has 0 bridgehead atoms. The molecule has 0 aromatic rings. The molecule has 2 rings (SSSR count). The highest BCUT2D eigenvalue weighted by molar-refractivity contribution is 4.95. The van der Waals surface area contributed by atoms with Crippen molar-refractivity contribution >= 4 is 0 Å². The summed E-state index contributed by atoms with van der Waals surface area (Å²) in [5.74, 6) is 0. The van der Waals surface area contributed by atoms with Gasteiger partial charge in [0.25, 0.3) is 0 Å². The van der Waals surface area contributed by atoms with Crippen molar-refractivity contribution in [2.75, 3.05) is 13.2 Å². The Bertz CT molecular complexity index is 157. The van der Waals surface area contributed by atoms with Gasteiger partial charge in [0.1, 0.15) is 0 Å². The first-order valence-electron chi connectivity index (χ1n) is 5.72. The zero-order valence-corrected chi connectivity index (χ0v) is 8.39. The average Bonchev–Trinajstić information content (AvgIpc) is 2.72. The second kappa shape index (κ2) is 3.97. The number of hydrogen-bond acceptors (Lipinski definition) is 2. The van der Waals surface area contributed by atoms with E-state index in [0.29, 0.717) is 12.6 Å². The molecule has 2 nitrogen and oxygen atoms in total. The van der Waals surface area contributed by atoms with Crippen molar-refractivity contribution in [2.45, 2.75) is 51.0 Å². The van der Waals surface area contributed by atoms with E-state index in [1.807, 2.05) is 0 Å². The van der Waals surface area contributed by atoms with Crippen LogP contribution in [0.2, 0.25) is 0 Å². The first kappa shape index (κ1) is 9.47. The molecule has 2 heteroatoms. The Kier molecular flexibility index (Phi) is 2.89. The van der Waals surface area contributed by atoms with Crippen molar-refractivity contribution < 1.29 is 5.11 Å². The van der Waals surface area contributed by atoms with Crippen LogP contribution in [0.25, 0.3) is 0 Å². The van der Waals surface area contributed by atoms with Crippen LogP contribution < -0.4 is 5.32 Å². The van der Waals surface area contributed by atoms with Crippen molar-refractivity contribution in [3.05, 3.63) is 0 Å². The molecule has 2 aliphatic rings. The molecule has 76 valence electrons. The summed E-state index contributed by atoms with van der Waals surface area (Å²) >= 11 is 0. The van der Waals surface area contributed by atoms with E-state index in [4.69, 9.17) is 0 Å². The van der Waals surface area contributed by atoms with E-state index in [1.165, 1.54) is 44.9 Å². The molecule has 0 aromatic carbocycles. The van der Waals surface area contributed by atoms with E-state index in [1.54, 1.807) is 0 Å². The number of aliphatic hydroxyl groups is 1. The molecule has 1 aliphatic heterocycles. The predicted molar refractivity (Wildman–Crippen MR) is 53.6 cm³/mol. The van der Waals surface area contributed by atoms with Crippen LogP contribution in [-0.4, -0.2) is 24.3 Å². The van der Waals surface area contributed by atoms with Gasteiger partial charge < -0.3 is 10.4 Å². The molecular weight excluding hydrogens is 162 g/mol. The van der Waals surface area contributed by atoms with Crippen molar-refractivity contribution in [2.24, 2.45) is 5.41 Å². The molecule has 0 amide bonds. The summed E-state index contributed by atoms with van der Waals surface area (Å²) in [6.07, 6.45) is 9.06. The summed E-state index contributed by atoms with van der Waals surface area (Å²) in [6, 6.07) is 0.609. The molecule has 1 saturated carbocycles. The van der Waals surface area contributed by atoms with Crippen LogP contribution >= 0.6 is 0 Å². The molecule has 1 heterocycles. The Hall–Kier alpha value is -0.0800. The fourth-order valence-corrected chi connectivity index (χ4v) is 3.08. The zero-order valence-electron chi connectivity index (χ0n) is 8.39. The quantitative estimate of drug-likeness (QED) is 0.682. The van der Waals surface area contributed by atoms with Crippen LogP contribution in [-0.2, 0) is 0 Å². The van der Waals surface area contributed by atoms with Gasteiger partial charge in [0.05, 0.1) is 6.61 Å². The molecule has 13 heavy (non-hydrogen) atoms. The molecule has 2 N–H and O–H groups in total. The molecule has 1 aliphatic carbocycles. The van der Waals surface area contributed by atoms with Crippen molar-refractivity contribution in [3.63, 3.8) is 0 Å². The average molecular weight is 183 g/mol. The SMILES string of the molecule is OCC1(C2CCCN2)CCCCC1. The van der Waals surface area contributed by atoms with Gasteiger partial charge in [-0.15, -0.1) is 0 Å². The van der Waals surface area contributed by atoms with Gasteiger partial charge in [-0.2, -0.15) is 0 Å². The third-order valence-corrected chi connectivity index (χ3v) is 3.96. The molecule has 0 spiro atoms. The maximum atomic E-state index is 9.56. The fourth-order valence-electron chi connectivity index (χ4n) is 3.08. The van der Waals surface area contributed by atoms with Crippen LogP contribution in [0, 0.1) is 5.41 Å². The lowest BCUT2D eigenvalue weighted by Crippen LogP contribution is -2.45. The summed E-state index contributed by atoms with van der Waals surface area (Å²) in [4.78, 5) is 0. The third-order valence-electron chi connectivity index (χ3n) is 3.96. The van der Waals surface area contributed by atoms with E-state index in [-0.39, 0.29) is 5.41 Å². The van der Waals surface area contributed by atoms with E-state index >= 15 is 0 Å². The number of rotatable bonds is 2. The molecule has 1 atom stereocenters. The first-order valence-corrected chi connectivity index (χ1v) is 5.72. The second-order valence-corrected chi connectivity index (χ2v) is 4.73. The summed E-state index contributed by atoms with van der Waals surface area (Å²) in [6.45, 7) is 1.55. The Balaban J connectivity index is 2.03. The highest BCUT2D eigenvalue weighted by atomic mass is 16.3. The lowest BCUT2D eigenvalue weighted by Gasteiger charge is -2.40. The Morgan fingerprint density at radius 3 is 2.46 bits per heavy atom. The Morgan fingerprint density at radius 2 is 1.92 bits per heavy atom. The Morgan fingerprint density at radius 1 is 1.15 bits per heavy atom. The van der Waals surface area contributed by atoms with Crippen molar-refractivity contribution in [1.82, 2.24) is 5.32 Å². The van der Waals surface area contributed by atoms with Crippen LogP contribution in [0.1, 0.15) is 44.9 Å². The molecule has 1 unspecified atom stereocenters. The smallest absolute Gasteiger partial charge is 0.0502 e.